The van der Waals surface area contributed by atoms with E-state index in [9.17, 15) is 0 Å². The van der Waals surface area contributed by atoms with Crippen LogP contribution in [-0.4, -0.2) is 8.07 Å². The molecule has 11 rings (SSSR count). The van der Waals surface area contributed by atoms with Crippen LogP contribution >= 0.6 is 0 Å². The van der Waals surface area contributed by atoms with Gasteiger partial charge in [0.1, 0.15) is 0 Å². The molecule has 0 atom stereocenters. The lowest BCUT2D eigenvalue weighted by Crippen LogP contribution is -2.74. The summed E-state index contributed by atoms with van der Waals surface area (Å²) in [4.78, 5) is 4.78. The highest BCUT2D eigenvalue weighted by atomic mass is 28.3. The molecular formula is C67H52N2Si. The van der Waals surface area contributed by atoms with Gasteiger partial charge in [-0.3, -0.25) is 0 Å². The fourth-order valence-corrected chi connectivity index (χ4v) is 15.5. The van der Waals surface area contributed by atoms with Crippen molar-refractivity contribution in [2.45, 2.75) is 5.41 Å². The minimum absolute atomic E-state index is 0.585. The summed E-state index contributed by atoms with van der Waals surface area (Å²) < 4.78 is 0. The molecule has 0 heterocycles. The van der Waals surface area contributed by atoms with Crippen LogP contribution in [0.25, 0.3) is 0 Å². The van der Waals surface area contributed by atoms with E-state index in [0.29, 0.717) is 0 Å². The number of rotatable bonds is 14. The first-order chi connectivity index (χ1) is 34.7. The van der Waals surface area contributed by atoms with Crippen molar-refractivity contribution in [3.05, 3.63) is 338 Å². The predicted molar refractivity (Wildman–Crippen MR) is 298 cm³/mol. The van der Waals surface area contributed by atoms with Gasteiger partial charge in [0.2, 0.25) is 0 Å². The minimum atomic E-state index is -2.79. The Hall–Kier alpha value is -8.76. The monoisotopic (exact) mass is 912 g/mol. The van der Waals surface area contributed by atoms with Crippen LogP contribution < -0.4 is 30.5 Å². The van der Waals surface area contributed by atoms with Crippen LogP contribution in [0.4, 0.5) is 34.1 Å². The van der Waals surface area contributed by atoms with Gasteiger partial charge in [-0.05, 0) is 116 Å². The molecule has 0 amide bonds. The van der Waals surface area contributed by atoms with Gasteiger partial charge in [-0.15, -0.1) is 0 Å². The molecule has 0 spiro atoms. The Balaban J connectivity index is 1.06. The van der Waals surface area contributed by atoms with Crippen LogP contribution in [-0.2, 0) is 5.41 Å². The molecule has 0 bridgehead atoms. The number of hydrogen-bond donors (Lipinski definition) is 0. The number of para-hydroxylation sites is 2. The maximum absolute atomic E-state index is 2.79. The van der Waals surface area contributed by atoms with E-state index in [4.69, 9.17) is 0 Å². The van der Waals surface area contributed by atoms with E-state index in [1.165, 1.54) is 43.0 Å². The quantitative estimate of drug-likeness (QED) is 0.0792. The van der Waals surface area contributed by atoms with Crippen molar-refractivity contribution in [1.29, 1.82) is 0 Å². The molecule has 0 aliphatic heterocycles. The SMILES string of the molecule is c1ccc(N(c2ccc(N(c3ccccc3)c3cccc([Si](c4ccccc4)(c4ccccc4)c4ccccc4)c3)cc2)c2cccc(C(c3ccccc3)(c3ccccc3)c3ccccc3)c2)cc1. The van der Waals surface area contributed by atoms with Gasteiger partial charge in [0.05, 0.1) is 5.41 Å². The number of nitrogens with zero attached hydrogens (tertiary/aromatic N) is 2. The second kappa shape index (κ2) is 19.8. The Morgan fingerprint density at radius 2 is 0.457 bits per heavy atom. The summed E-state index contributed by atoms with van der Waals surface area (Å²) in [6.45, 7) is 0. The van der Waals surface area contributed by atoms with Gasteiger partial charge in [0.25, 0.3) is 0 Å². The molecule has 0 N–H and O–H groups in total. The molecule has 0 radical (unpaired) electrons. The first kappa shape index (κ1) is 43.8. The van der Waals surface area contributed by atoms with Crippen LogP contribution in [0, 0.1) is 0 Å². The maximum atomic E-state index is 2.44. The molecule has 0 aliphatic carbocycles. The molecule has 0 aliphatic rings. The van der Waals surface area contributed by atoms with E-state index >= 15 is 0 Å². The Kier molecular flexibility index (Phi) is 12.4. The highest BCUT2D eigenvalue weighted by molar-refractivity contribution is 7.19. The highest BCUT2D eigenvalue weighted by Gasteiger charge is 2.42. The fraction of sp³-hybridized carbons (Fsp3) is 0.0149. The molecule has 0 aromatic heterocycles. The standard InChI is InChI=1S/C67H52N2Si/c1-9-27-53(28-10-1)67(54-29-11-2-12-30-54,55-31-13-3-14-32-55)56-33-25-38-61(51-56)68(57-34-15-4-16-35-57)59-47-49-60(50-48-59)69(58-36-17-5-18-37-58)62-39-26-46-66(52-62)70(63-40-19-6-20-41-63,64-42-21-7-22-43-64)65-44-23-8-24-45-65/h1-52H. The Bertz CT molecular complexity index is 2970. The number of hydrogen-bond acceptors (Lipinski definition) is 2. The summed E-state index contributed by atoms with van der Waals surface area (Å²) in [6, 6.07) is 115. The molecule has 3 heteroatoms. The van der Waals surface area contributed by atoms with E-state index in [1.807, 2.05) is 0 Å². The zero-order valence-corrected chi connectivity index (χ0v) is 39.9. The summed E-state index contributed by atoms with van der Waals surface area (Å²) in [5.41, 5.74) is 10.7. The van der Waals surface area contributed by atoms with Crippen molar-refractivity contribution in [3.63, 3.8) is 0 Å². The molecule has 0 saturated heterocycles. The van der Waals surface area contributed by atoms with Crippen molar-refractivity contribution in [2.75, 3.05) is 9.80 Å². The second-order valence-corrected chi connectivity index (χ2v) is 21.5. The molecule has 2 nitrogen and oxygen atoms in total. The molecule has 70 heavy (non-hydrogen) atoms. The molecule has 0 fully saturated rings. The van der Waals surface area contributed by atoms with Gasteiger partial charge in [0.15, 0.2) is 8.07 Å². The molecule has 334 valence electrons. The van der Waals surface area contributed by atoms with Gasteiger partial charge in [-0.1, -0.05) is 243 Å². The third-order valence-electron chi connectivity index (χ3n) is 13.7. The molecule has 11 aromatic rings. The minimum Gasteiger partial charge on any atom is -0.311 e. The summed E-state index contributed by atoms with van der Waals surface area (Å²) in [6.07, 6.45) is 0. The smallest absolute Gasteiger partial charge is 0.179 e. The highest BCUT2D eigenvalue weighted by Crippen LogP contribution is 2.47. The molecular weight excluding hydrogens is 861 g/mol. The van der Waals surface area contributed by atoms with Crippen molar-refractivity contribution in [3.8, 4) is 0 Å². The first-order valence-electron chi connectivity index (χ1n) is 24.1. The fourth-order valence-electron chi connectivity index (χ4n) is 10.7. The normalized spacial score (nSPS) is 11.4. The summed E-state index contributed by atoms with van der Waals surface area (Å²) in [5.74, 6) is 0. The lowest BCUT2D eigenvalue weighted by Gasteiger charge is -2.37. The molecule has 0 unspecified atom stereocenters. The van der Waals surface area contributed by atoms with Crippen molar-refractivity contribution in [2.24, 2.45) is 0 Å². The van der Waals surface area contributed by atoms with Crippen LogP contribution in [0.2, 0.25) is 0 Å². The van der Waals surface area contributed by atoms with Crippen molar-refractivity contribution in [1.82, 2.24) is 0 Å². The van der Waals surface area contributed by atoms with Gasteiger partial charge in [0, 0.05) is 34.1 Å². The lowest BCUT2D eigenvalue weighted by atomic mass is 9.65. The summed E-state index contributed by atoms with van der Waals surface area (Å²) in [5, 5.41) is 5.36. The first-order valence-corrected chi connectivity index (χ1v) is 26.1. The van der Waals surface area contributed by atoms with Crippen LogP contribution in [0.3, 0.4) is 0 Å². The van der Waals surface area contributed by atoms with Gasteiger partial charge in [-0.25, -0.2) is 0 Å². The second-order valence-electron chi connectivity index (χ2n) is 17.7. The average Bonchev–Trinajstić information content (AvgIpc) is 3.45. The van der Waals surface area contributed by atoms with Crippen molar-refractivity contribution < 1.29 is 0 Å². The Morgan fingerprint density at radius 3 is 0.829 bits per heavy atom. The Morgan fingerprint density at radius 1 is 0.200 bits per heavy atom. The van der Waals surface area contributed by atoms with Crippen LogP contribution in [0.5, 0.6) is 0 Å². The van der Waals surface area contributed by atoms with E-state index < -0.39 is 13.5 Å². The molecule has 0 saturated carbocycles. The average molecular weight is 913 g/mol. The number of anilines is 6. The predicted octanol–water partition coefficient (Wildman–Crippen LogP) is 14.4. The zero-order valence-electron chi connectivity index (χ0n) is 38.9. The molecule has 11 aromatic carbocycles. The largest absolute Gasteiger partial charge is 0.311 e. The maximum Gasteiger partial charge on any atom is 0.179 e. The van der Waals surface area contributed by atoms with E-state index in [1.54, 1.807) is 0 Å². The topological polar surface area (TPSA) is 6.48 Å². The van der Waals surface area contributed by atoms with Crippen LogP contribution in [0.15, 0.2) is 315 Å². The summed E-state index contributed by atoms with van der Waals surface area (Å²) in [7, 11) is -2.79. The zero-order chi connectivity index (χ0) is 47.0. The Labute approximate surface area is 413 Å². The van der Waals surface area contributed by atoms with Gasteiger partial charge >= 0.3 is 0 Å². The summed E-state index contributed by atoms with van der Waals surface area (Å²) >= 11 is 0. The third-order valence-corrected chi connectivity index (χ3v) is 18.5. The van der Waals surface area contributed by atoms with Gasteiger partial charge < -0.3 is 9.80 Å². The van der Waals surface area contributed by atoms with Crippen molar-refractivity contribution >= 4 is 62.9 Å². The van der Waals surface area contributed by atoms with Gasteiger partial charge in [-0.2, -0.15) is 0 Å². The third kappa shape index (κ3) is 8.13. The number of benzene rings is 11. The van der Waals surface area contributed by atoms with E-state index in [0.717, 1.165) is 34.1 Å². The lowest BCUT2D eigenvalue weighted by molar-refractivity contribution is 0.745. The van der Waals surface area contributed by atoms with E-state index in [2.05, 4.69) is 325 Å². The van der Waals surface area contributed by atoms with E-state index in [-0.39, 0.29) is 0 Å². The van der Waals surface area contributed by atoms with Crippen LogP contribution in [0.1, 0.15) is 22.3 Å².